The molecule has 1 spiro atoms. The number of alkyl halides is 4. The van der Waals surface area contributed by atoms with E-state index in [1.54, 1.807) is 6.07 Å². The summed E-state index contributed by atoms with van der Waals surface area (Å²) in [5, 5.41) is 0.0667. The summed E-state index contributed by atoms with van der Waals surface area (Å²) >= 11 is 0. The molecule has 5 nitrogen and oxygen atoms in total. The Bertz CT molecular complexity index is 1120. The van der Waals surface area contributed by atoms with Crippen molar-refractivity contribution < 1.29 is 22.4 Å². The summed E-state index contributed by atoms with van der Waals surface area (Å²) in [6.07, 6.45) is 1.79. The van der Waals surface area contributed by atoms with Crippen LogP contribution in [0, 0.1) is 17.3 Å². The number of halogens is 4. The second-order valence-electron chi connectivity index (χ2n) is 9.57. The van der Waals surface area contributed by atoms with E-state index in [1.165, 1.54) is 12.3 Å². The van der Waals surface area contributed by atoms with Gasteiger partial charge < -0.3 is 10.7 Å². The van der Waals surface area contributed by atoms with Crippen molar-refractivity contribution in [1.82, 2.24) is 9.97 Å². The molecule has 3 fully saturated rings. The number of aromatic nitrogens is 2. The molecule has 0 radical (unpaired) electrons. The summed E-state index contributed by atoms with van der Waals surface area (Å²) in [6.45, 7) is 0. The summed E-state index contributed by atoms with van der Waals surface area (Å²) in [5.74, 6) is -6.91. The van der Waals surface area contributed by atoms with Crippen molar-refractivity contribution in [3.05, 3.63) is 39.9 Å². The van der Waals surface area contributed by atoms with Crippen molar-refractivity contribution in [2.75, 3.05) is 0 Å². The van der Waals surface area contributed by atoms with Gasteiger partial charge in [-0.2, -0.15) is 0 Å². The second kappa shape index (κ2) is 6.53. The monoisotopic (exact) mass is 437 g/mol. The highest BCUT2D eigenvalue weighted by molar-refractivity contribution is 6.03. The van der Waals surface area contributed by atoms with E-state index in [0.717, 1.165) is 0 Å². The molecule has 9 heteroatoms. The zero-order chi connectivity index (χ0) is 22.2. The smallest absolute Gasteiger partial charge is 0.268 e. The summed E-state index contributed by atoms with van der Waals surface area (Å²) in [5.41, 5.74) is 4.50. The fourth-order valence-corrected chi connectivity index (χ4v) is 6.01. The highest BCUT2D eigenvalue weighted by atomic mass is 19.3. The van der Waals surface area contributed by atoms with Gasteiger partial charge in [-0.25, -0.2) is 17.6 Å². The average molecular weight is 437 g/mol. The van der Waals surface area contributed by atoms with E-state index >= 15 is 0 Å². The van der Waals surface area contributed by atoms with Crippen LogP contribution in [-0.2, 0) is 0 Å². The number of carbonyl (C=O) groups is 1. The molecule has 2 heterocycles. The maximum absolute atomic E-state index is 14.3. The number of aromatic amines is 1. The van der Waals surface area contributed by atoms with Crippen LogP contribution in [-0.4, -0.2) is 27.7 Å². The van der Waals surface area contributed by atoms with Crippen LogP contribution in [0.2, 0.25) is 0 Å². The van der Waals surface area contributed by atoms with Gasteiger partial charge in [-0.05, 0) is 43.6 Å². The van der Waals surface area contributed by atoms with E-state index in [2.05, 4.69) is 9.97 Å². The van der Waals surface area contributed by atoms with Crippen LogP contribution >= 0.6 is 0 Å². The molecule has 1 unspecified atom stereocenters. The summed E-state index contributed by atoms with van der Waals surface area (Å²) in [6, 6.07) is 2.88. The van der Waals surface area contributed by atoms with Crippen LogP contribution in [0.25, 0.3) is 10.9 Å². The molecule has 3 saturated carbocycles. The molecule has 0 aliphatic heterocycles. The lowest BCUT2D eigenvalue weighted by Crippen LogP contribution is -2.30. The van der Waals surface area contributed by atoms with Gasteiger partial charge in [-0.1, -0.05) is 0 Å². The number of fused-ring (bicyclic) bond motifs is 1. The molecule has 3 aliphatic rings. The lowest BCUT2D eigenvalue weighted by atomic mass is 9.73. The van der Waals surface area contributed by atoms with Crippen molar-refractivity contribution in [3.63, 3.8) is 0 Å². The van der Waals surface area contributed by atoms with Gasteiger partial charge in [0.05, 0.1) is 10.9 Å². The molecule has 166 valence electrons. The average Bonchev–Trinajstić information content (AvgIpc) is 3.03. The number of hydrogen-bond donors (Lipinski definition) is 2. The first-order valence-corrected chi connectivity index (χ1v) is 10.6. The van der Waals surface area contributed by atoms with Crippen LogP contribution < -0.4 is 11.2 Å². The highest BCUT2D eigenvalue weighted by Crippen LogP contribution is 2.73. The summed E-state index contributed by atoms with van der Waals surface area (Å²) < 4.78 is 55.9. The molecule has 1 amide bonds. The number of carbonyl (C=O) groups excluding carboxylic acids is 1. The molecular weight excluding hydrogens is 414 g/mol. The van der Waals surface area contributed by atoms with Gasteiger partial charge in [-0.3, -0.25) is 14.6 Å². The van der Waals surface area contributed by atoms with E-state index in [9.17, 15) is 27.2 Å². The normalized spacial score (nSPS) is 31.9. The molecule has 3 atom stereocenters. The first-order valence-electron chi connectivity index (χ1n) is 10.6. The first-order chi connectivity index (χ1) is 14.5. The van der Waals surface area contributed by atoms with Gasteiger partial charge in [0.15, 0.2) is 5.43 Å². The molecule has 0 saturated heterocycles. The Labute approximate surface area is 175 Å². The summed E-state index contributed by atoms with van der Waals surface area (Å²) in [7, 11) is 0. The number of nitrogens with two attached hydrogens (primary N) is 1. The van der Waals surface area contributed by atoms with E-state index in [1.807, 2.05) is 0 Å². The van der Waals surface area contributed by atoms with Crippen molar-refractivity contribution in [2.24, 2.45) is 23.0 Å². The highest BCUT2D eigenvalue weighted by Gasteiger charge is 2.74. The SMILES string of the molecule is NC(=O)c1nccc2[nH]c([C@@H]3CC4(C[C@H]3C3CCC(F)(F)CC3)CC4(F)F)cc(=O)c12. The lowest BCUT2D eigenvalue weighted by Gasteiger charge is -2.35. The standard InChI is InChI=1S/C22H23F4N3O2/c23-21(24)4-1-11(2-5-21)12-8-20(10-22(20,25)26)9-13(12)15-7-16(30)17-14(29-15)3-6-28-18(17)19(27)31/h3,6-7,11-13H,1-2,4-5,8-10H2,(H2,27,31)(H,29,30)/t12-,13+,20?/m0/s1. The number of nitrogens with zero attached hydrogens (tertiary/aromatic N) is 1. The third kappa shape index (κ3) is 3.24. The first kappa shape index (κ1) is 20.5. The predicted molar refractivity (Wildman–Crippen MR) is 105 cm³/mol. The van der Waals surface area contributed by atoms with Crippen molar-refractivity contribution in [1.29, 1.82) is 0 Å². The molecule has 31 heavy (non-hydrogen) atoms. The van der Waals surface area contributed by atoms with Gasteiger partial charge in [0, 0.05) is 48.6 Å². The summed E-state index contributed by atoms with van der Waals surface area (Å²) in [4.78, 5) is 31.5. The quantitative estimate of drug-likeness (QED) is 0.699. The molecule has 5 rings (SSSR count). The Kier molecular flexibility index (Phi) is 4.31. The minimum Gasteiger partial charge on any atom is -0.364 e. The zero-order valence-corrected chi connectivity index (χ0v) is 16.8. The van der Waals surface area contributed by atoms with E-state index in [4.69, 9.17) is 5.73 Å². The maximum Gasteiger partial charge on any atom is 0.268 e. The zero-order valence-electron chi connectivity index (χ0n) is 16.8. The van der Waals surface area contributed by atoms with Crippen molar-refractivity contribution in [2.45, 2.75) is 62.7 Å². The van der Waals surface area contributed by atoms with E-state index in [-0.39, 0.29) is 60.9 Å². The Balaban J connectivity index is 1.54. The number of nitrogens with one attached hydrogen (secondary N) is 1. The number of amides is 1. The molecule has 2 aromatic heterocycles. The lowest BCUT2D eigenvalue weighted by molar-refractivity contribution is -0.0534. The largest absolute Gasteiger partial charge is 0.364 e. The number of rotatable bonds is 3. The van der Waals surface area contributed by atoms with Crippen LogP contribution in [0.3, 0.4) is 0 Å². The molecule has 3 aliphatic carbocycles. The van der Waals surface area contributed by atoms with Crippen LogP contribution in [0.4, 0.5) is 17.6 Å². The predicted octanol–water partition coefficient (Wildman–Crippen LogP) is 4.37. The van der Waals surface area contributed by atoms with E-state index < -0.39 is 28.6 Å². The van der Waals surface area contributed by atoms with Gasteiger partial charge in [-0.15, -0.1) is 0 Å². The molecular formula is C22H23F4N3O2. The Morgan fingerprint density at radius 2 is 1.84 bits per heavy atom. The topological polar surface area (TPSA) is 88.8 Å². The van der Waals surface area contributed by atoms with Gasteiger partial charge >= 0.3 is 0 Å². The van der Waals surface area contributed by atoms with E-state index in [0.29, 0.717) is 24.1 Å². The number of H-pyrrole nitrogens is 1. The molecule has 2 aromatic rings. The number of pyridine rings is 2. The third-order valence-electron chi connectivity index (χ3n) is 7.73. The van der Waals surface area contributed by atoms with Gasteiger partial charge in [0.2, 0.25) is 5.92 Å². The minimum absolute atomic E-state index is 0.0667. The number of primary amides is 1. The van der Waals surface area contributed by atoms with Gasteiger partial charge in [0.1, 0.15) is 5.69 Å². The molecule has 0 aromatic carbocycles. The molecule has 0 bridgehead atoms. The fraction of sp³-hybridized carbons (Fsp3) is 0.591. The fourth-order valence-electron chi connectivity index (χ4n) is 6.01. The van der Waals surface area contributed by atoms with Crippen molar-refractivity contribution >= 4 is 16.8 Å². The van der Waals surface area contributed by atoms with Crippen LogP contribution in [0.15, 0.2) is 23.1 Å². The Morgan fingerprint density at radius 3 is 2.45 bits per heavy atom. The number of hydrogen-bond acceptors (Lipinski definition) is 3. The maximum atomic E-state index is 14.3. The Hall–Kier alpha value is -2.45. The Morgan fingerprint density at radius 1 is 1.16 bits per heavy atom. The second-order valence-corrected chi connectivity index (χ2v) is 9.57. The van der Waals surface area contributed by atoms with Crippen LogP contribution in [0.1, 0.15) is 67.0 Å². The van der Waals surface area contributed by atoms with Crippen molar-refractivity contribution in [3.8, 4) is 0 Å². The molecule has 3 N–H and O–H groups in total. The van der Waals surface area contributed by atoms with Crippen LogP contribution in [0.5, 0.6) is 0 Å². The van der Waals surface area contributed by atoms with Gasteiger partial charge in [0.25, 0.3) is 11.8 Å². The third-order valence-corrected chi connectivity index (χ3v) is 7.73. The minimum atomic E-state index is -2.75.